The van der Waals surface area contributed by atoms with Gasteiger partial charge in [-0.2, -0.15) is 11.8 Å². The molecule has 0 aromatic carbocycles. The topological polar surface area (TPSA) is 26.3 Å². The van der Waals surface area contributed by atoms with Crippen molar-refractivity contribution in [2.45, 2.75) is 38.6 Å². The van der Waals surface area contributed by atoms with Crippen molar-refractivity contribution in [1.29, 1.82) is 0 Å². The second-order valence-corrected chi connectivity index (χ2v) is 5.97. The molecule has 82 valence electrons. The molecule has 2 nitrogen and oxygen atoms in total. The number of hydrogen-bond acceptors (Lipinski definition) is 3. The maximum Gasteiger partial charge on any atom is 0.311 e. The maximum atomic E-state index is 12.8. The average molecular weight is 220 g/mol. The van der Waals surface area contributed by atoms with Gasteiger partial charge in [-0.05, 0) is 27.2 Å². The zero-order valence-electron chi connectivity index (χ0n) is 8.88. The molecule has 0 aromatic rings. The molecular weight excluding hydrogens is 203 g/mol. The number of carbonyl (C=O) groups is 1. The molecule has 0 aliphatic carbocycles. The molecule has 1 heterocycles. The van der Waals surface area contributed by atoms with Crippen LogP contribution in [0.3, 0.4) is 0 Å². The van der Waals surface area contributed by atoms with Crippen LogP contribution < -0.4 is 0 Å². The molecule has 0 amide bonds. The average Bonchev–Trinajstić information content (AvgIpc) is 2.45. The SMILES string of the molecule is CC(C)(C)C(=O)OC[C@@H]1C[C@H](F)CS1. The number of ether oxygens (including phenoxy) is 1. The van der Waals surface area contributed by atoms with Crippen LogP contribution >= 0.6 is 11.8 Å². The lowest BCUT2D eigenvalue weighted by Gasteiger charge is -2.18. The first-order chi connectivity index (χ1) is 6.39. The van der Waals surface area contributed by atoms with Crippen molar-refractivity contribution in [3.63, 3.8) is 0 Å². The van der Waals surface area contributed by atoms with E-state index in [-0.39, 0.29) is 11.2 Å². The van der Waals surface area contributed by atoms with Gasteiger partial charge in [-0.15, -0.1) is 0 Å². The number of hydrogen-bond donors (Lipinski definition) is 0. The summed E-state index contributed by atoms with van der Waals surface area (Å²) in [5.41, 5.74) is -0.460. The van der Waals surface area contributed by atoms with Crippen molar-refractivity contribution in [3.8, 4) is 0 Å². The van der Waals surface area contributed by atoms with Crippen LogP contribution in [0.2, 0.25) is 0 Å². The molecule has 4 heteroatoms. The van der Waals surface area contributed by atoms with Crippen LogP contribution in [-0.2, 0) is 9.53 Å². The highest BCUT2D eigenvalue weighted by molar-refractivity contribution is 8.00. The molecule has 1 aliphatic rings. The lowest BCUT2D eigenvalue weighted by atomic mass is 9.97. The summed E-state index contributed by atoms with van der Waals surface area (Å²) in [6.07, 6.45) is -0.208. The summed E-state index contributed by atoms with van der Waals surface area (Å²) in [5, 5.41) is 0.149. The second-order valence-electron chi connectivity index (χ2n) is 4.64. The van der Waals surface area contributed by atoms with Crippen molar-refractivity contribution in [2.75, 3.05) is 12.4 Å². The third-order valence-corrected chi connectivity index (χ3v) is 3.40. The Morgan fingerprint density at radius 1 is 1.57 bits per heavy atom. The lowest BCUT2D eigenvalue weighted by Crippen LogP contribution is -2.25. The van der Waals surface area contributed by atoms with E-state index in [4.69, 9.17) is 4.74 Å². The molecular formula is C10H17FO2S. The highest BCUT2D eigenvalue weighted by Crippen LogP contribution is 2.29. The van der Waals surface area contributed by atoms with Gasteiger partial charge >= 0.3 is 5.97 Å². The Kier molecular flexibility index (Phi) is 3.81. The fourth-order valence-corrected chi connectivity index (χ4v) is 2.29. The summed E-state index contributed by atoms with van der Waals surface area (Å²) in [6.45, 7) is 5.79. The number of thioether (sulfide) groups is 1. The Balaban J connectivity index is 2.24. The summed E-state index contributed by atoms with van der Waals surface area (Å²) in [7, 11) is 0. The van der Waals surface area contributed by atoms with Gasteiger partial charge in [0.25, 0.3) is 0 Å². The van der Waals surface area contributed by atoms with Crippen LogP contribution in [0.15, 0.2) is 0 Å². The summed E-state index contributed by atoms with van der Waals surface area (Å²) >= 11 is 1.55. The van der Waals surface area contributed by atoms with E-state index in [0.717, 1.165) is 0 Å². The summed E-state index contributed by atoms with van der Waals surface area (Å²) < 4.78 is 17.9. The fourth-order valence-electron chi connectivity index (χ4n) is 1.16. The zero-order chi connectivity index (χ0) is 10.8. The first-order valence-corrected chi connectivity index (χ1v) is 5.87. The van der Waals surface area contributed by atoms with Gasteiger partial charge in [0.2, 0.25) is 0 Å². The molecule has 1 aliphatic heterocycles. The number of carbonyl (C=O) groups excluding carboxylic acids is 1. The standard InChI is InChI=1S/C10H17FO2S/c1-10(2,3)9(12)13-5-8-4-7(11)6-14-8/h7-8H,4-6H2,1-3H3/t7-,8-/m0/s1. The number of esters is 1. The van der Waals surface area contributed by atoms with Crippen LogP contribution in [0.25, 0.3) is 0 Å². The van der Waals surface area contributed by atoms with Crippen LogP contribution in [0.4, 0.5) is 4.39 Å². The Hall–Kier alpha value is -0.250. The number of halogens is 1. The minimum atomic E-state index is -0.724. The minimum absolute atomic E-state index is 0.149. The van der Waals surface area contributed by atoms with Crippen LogP contribution in [-0.4, -0.2) is 29.8 Å². The molecule has 2 atom stereocenters. The van der Waals surface area contributed by atoms with E-state index in [0.29, 0.717) is 18.8 Å². The van der Waals surface area contributed by atoms with Crippen molar-refractivity contribution in [3.05, 3.63) is 0 Å². The first kappa shape index (κ1) is 11.8. The molecule has 0 spiro atoms. The van der Waals surface area contributed by atoms with E-state index >= 15 is 0 Å². The molecule has 0 aromatic heterocycles. The second kappa shape index (κ2) is 4.51. The Bertz CT molecular complexity index is 213. The van der Waals surface area contributed by atoms with Crippen molar-refractivity contribution < 1.29 is 13.9 Å². The van der Waals surface area contributed by atoms with E-state index in [9.17, 15) is 9.18 Å². The van der Waals surface area contributed by atoms with E-state index in [1.165, 1.54) is 0 Å². The van der Waals surface area contributed by atoms with E-state index in [1.54, 1.807) is 11.8 Å². The van der Waals surface area contributed by atoms with Gasteiger partial charge in [-0.3, -0.25) is 4.79 Å². The molecule has 0 N–H and O–H groups in total. The van der Waals surface area contributed by atoms with Gasteiger partial charge in [0.05, 0.1) is 5.41 Å². The van der Waals surface area contributed by atoms with Crippen molar-refractivity contribution >= 4 is 17.7 Å². The van der Waals surface area contributed by atoms with Gasteiger partial charge in [0.1, 0.15) is 12.8 Å². The zero-order valence-corrected chi connectivity index (χ0v) is 9.70. The number of rotatable bonds is 2. The highest BCUT2D eigenvalue weighted by atomic mass is 32.2. The molecule has 0 unspecified atom stereocenters. The third kappa shape index (κ3) is 3.48. The summed E-state index contributed by atoms with van der Waals surface area (Å²) in [6, 6.07) is 0. The summed E-state index contributed by atoms with van der Waals surface area (Å²) in [5.74, 6) is 0.331. The lowest BCUT2D eigenvalue weighted by molar-refractivity contribution is -0.152. The smallest absolute Gasteiger partial charge is 0.311 e. The predicted octanol–water partition coefficient (Wildman–Crippen LogP) is 2.42. The van der Waals surface area contributed by atoms with Crippen LogP contribution in [0.5, 0.6) is 0 Å². The van der Waals surface area contributed by atoms with Crippen molar-refractivity contribution in [1.82, 2.24) is 0 Å². The maximum absolute atomic E-state index is 12.8. The fraction of sp³-hybridized carbons (Fsp3) is 0.900. The Labute approximate surface area is 88.6 Å². The van der Waals surface area contributed by atoms with Crippen LogP contribution in [0, 0.1) is 5.41 Å². The molecule has 1 saturated heterocycles. The molecule has 0 bridgehead atoms. The molecule has 0 saturated carbocycles. The van der Waals surface area contributed by atoms with Crippen LogP contribution in [0.1, 0.15) is 27.2 Å². The summed E-state index contributed by atoms with van der Waals surface area (Å²) in [4.78, 5) is 11.4. The van der Waals surface area contributed by atoms with E-state index < -0.39 is 11.6 Å². The largest absolute Gasteiger partial charge is 0.464 e. The monoisotopic (exact) mass is 220 g/mol. The normalized spacial score (nSPS) is 27.7. The Morgan fingerprint density at radius 3 is 2.64 bits per heavy atom. The molecule has 14 heavy (non-hydrogen) atoms. The van der Waals surface area contributed by atoms with Crippen molar-refractivity contribution in [2.24, 2.45) is 5.41 Å². The third-order valence-electron chi connectivity index (χ3n) is 2.04. The van der Waals surface area contributed by atoms with E-state index in [2.05, 4.69) is 0 Å². The van der Waals surface area contributed by atoms with Gasteiger partial charge in [0.15, 0.2) is 0 Å². The van der Waals surface area contributed by atoms with Gasteiger partial charge in [-0.25, -0.2) is 4.39 Å². The number of alkyl halides is 1. The minimum Gasteiger partial charge on any atom is -0.464 e. The van der Waals surface area contributed by atoms with Gasteiger partial charge < -0.3 is 4.74 Å². The highest BCUT2D eigenvalue weighted by Gasteiger charge is 2.28. The molecule has 1 fully saturated rings. The van der Waals surface area contributed by atoms with Gasteiger partial charge in [-0.1, -0.05) is 0 Å². The molecule has 1 rings (SSSR count). The predicted molar refractivity (Wildman–Crippen MR) is 56.2 cm³/mol. The Morgan fingerprint density at radius 2 is 2.21 bits per heavy atom. The van der Waals surface area contributed by atoms with Gasteiger partial charge in [0, 0.05) is 11.0 Å². The first-order valence-electron chi connectivity index (χ1n) is 4.82. The van der Waals surface area contributed by atoms with E-state index in [1.807, 2.05) is 20.8 Å². The quantitative estimate of drug-likeness (QED) is 0.668. The molecule has 0 radical (unpaired) electrons.